The number of hydrogen-bond acceptors (Lipinski definition) is 4. The highest BCUT2D eigenvalue weighted by Crippen LogP contribution is 2.22. The maximum atomic E-state index is 9.11. The minimum atomic E-state index is 0.0233. The first kappa shape index (κ1) is 9.73. The fraction of sp³-hybridized carbons (Fsp3) is 0.182. The maximum Gasteiger partial charge on any atom is 0.197 e. The van der Waals surface area contributed by atoms with Gasteiger partial charge in [-0.3, -0.25) is 0 Å². The van der Waals surface area contributed by atoms with Gasteiger partial charge in [-0.15, -0.1) is 0 Å². The third kappa shape index (κ3) is 2.16. The van der Waals surface area contributed by atoms with Gasteiger partial charge in [0.05, 0.1) is 12.8 Å². The molecule has 2 aromatic rings. The van der Waals surface area contributed by atoms with E-state index in [4.69, 9.17) is 14.6 Å². The molecule has 0 saturated heterocycles. The quantitative estimate of drug-likeness (QED) is 0.798. The van der Waals surface area contributed by atoms with Gasteiger partial charge in [0.2, 0.25) is 0 Å². The maximum absolute atomic E-state index is 9.11. The number of benzene rings is 1. The molecule has 78 valence electrons. The minimum Gasteiger partial charge on any atom is -0.508 e. The van der Waals surface area contributed by atoms with Crippen LogP contribution in [0.5, 0.6) is 5.75 Å². The van der Waals surface area contributed by atoms with E-state index in [0.29, 0.717) is 18.1 Å². The van der Waals surface area contributed by atoms with Crippen LogP contribution in [-0.4, -0.2) is 21.8 Å². The summed E-state index contributed by atoms with van der Waals surface area (Å²) >= 11 is 0. The third-order valence-electron chi connectivity index (χ3n) is 2.03. The second-order valence-electron chi connectivity index (χ2n) is 3.14. The molecule has 0 radical (unpaired) electrons. The molecule has 2 N–H and O–H groups in total. The Balaban J connectivity index is 2.25. The lowest BCUT2D eigenvalue weighted by Gasteiger charge is -1.96. The van der Waals surface area contributed by atoms with E-state index in [-0.39, 0.29) is 12.4 Å². The highest BCUT2D eigenvalue weighted by molar-refractivity contribution is 5.57. The van der Waals surface area contributed by atoms with E-state index in [2.05, 4.69) is 4.98 Å². The van der Waals surface area contributed by atoms with Crippen molar-refractivity contribution in [2.45, 2.75) is 6.42 Å². The molecular weight excluding hydrogens is 194 g/mol. The van der Waals surface area contributed by atoms with E-state index in [1.165, 1.54) is 0 Å². The minimum absolute atomic E-state index is 0.0233. The van der Waals surface area contributed by atoms with Crippen LogP contribution in [-0.2, 0) is 6.42 Å². The highest BCUT2D eigenvalue weighted by atomic mass is 16.4. The molecule has 1 aromatic carbocycles. The molecule has 0 fully saturated rings. The molecule has 2 rings (SSSR count). The predicted molar refractivity (Wildman–Crippen MR) is 54.4 cm³/mol. The van der Waals surface area contributed by atoms with Crippen LogP contribution in [0.25, 0.3) is 11.3 Å². The second kappa shape index (κ2) is 4.14. The van der Waals surface area contributed by atoms with Gasteiger partial charge in [0.1, 0.15) is 5.75 Å². The Hall–Kier alpha value is -1.81. The van der Waals surface area contributed by atoms with Crippen molar-refractivity contribution >= 4 is 0 Å². The van der Waals surface area contributed by atoms with Crippen LogP contribution >= 0.6 is 0 Å². The second-order valence-corrected chi connectivity index (χ2v) is 3.14. The molecule has 0 aliphatic rings. The zero-order chi connectivity index (χ0) is 10.7. The number of nitrogens with zero attached hydrogens (tertiary/aromatic N) is 1. The lowest BCUT2D eigenvalue weighted by molar-refractivity contribution is 0.285. The zero-order valence-electron chi connectivity index (χ0n) is 8.05. The Labute approximate surface area is 86.8 Å². The molecule has 1 aromatic heterocycles. The molecule has 4 nitrogen and oxygen atoms in total. The first-order valence-electron chi connectivity index (χ1n) is 4.64. The van der Waals surface area contributed by atoms with Gasteiger partial charge < -0.3 is 14.6 Å². The van der Waals surface area contributed by atoms with Gasteiger partial charge in [-0.25, -0.2) is 4.98 Å². The largest absolute Gasteiger partial charge is 0.508 e. The number of oxazole rings is 1. The zero-order valence-corrected chi connectivity index (χ0v) is 8.05. The van der Waals surface area contributed by atoms with E-state index >= 15 is 0 Å². The molecule has 4 heteroatoms. The van der Waals surface area contributed by atoms with Gasteiger partial charge in [0, 0.05) is 12.0 Å². The van der Waals surface area contributed by atoms with Gasteiger partial charge in [0.25, 0.3) is 0 Å². The predicted octanol–water partition coefficient (Wildman–Crippen LogP) is 1.58. The van der Waals surface area contributed by atoms with E-state index < -0.39 is 0 Å². The average Bonchev–Trinajstić information content (AvgIpc) is 2.68. The summed E-state index contributed by atoms with van der Waals surface area (Å²) in [7, 11) is 0. The van der Waals surface area contributed by atoms with Gasteiger partial charge in [0.15, 0.2) is 11.7 Å². The van der Waals surface area contributed by atoms with Crippen LogP contribution in [0.4, 0.5) is 0 Å². The summed E-state index contributed by atoms with van der Waals surface area (Å²) in [5, 5.41) is 17.8. The molecule has 0 aliphatic heterocycles. The van der Waals surface area contributed by atoms with E-state index in [1.54, 1.807) is 30.5 Å². The number of aliphatic hydroxyl groups excluding tert-OH is 1. The molecule has 0 spiro atoms. The lowest BCUT2D eigenvalue weighted by Crippen LogP contribution is -1.88. The molecule has 0 amide bonds. The summed E-state index contributed by atoms with van der Waals surface area (Å²) in [6.45, 7) is 0.0233. The number of aromatic nitrogens is 1. The number of phenolic OH excluding ortho intramolecular Hbond substituents is 1. The fourth-order valence-electron chi connectivity index (χ4n) is 1.28. The van der Waals surface area contributed by atoms with Gasteiger partial charge in [-0.2, -0.15) is 0 Å². The molecule has 0 saturated carbocycles. The monoisotopic (exact) mass is 205 g/mol. The number of aromatic hydroxyl groups is 1. The smallest absolute Gasteiger partial charge is 0.197 e. The number of rotatable bonds is 3. The summed E-state index contributed by atoms with van der Waals surface area (Å²) in [4.78, 5) is 4.02. The summed E-state index contributed by atoms with van der Waals surface area (Å²) in [5.41, 5.74) is 0.851. The number of aliphatic hydroxyl groups is 1. The van der Waals surface area contributed by atoms with Crippen molar-refractivity contribution in [1.82, 2.24) is 4.98 Å². The van der Waals surface area contributed by atoms with Crippen molar-refractivity contribution in [1.29, 1.82) is 0 Å². The van der Waals surface area contributed by atoms with E-state index in [9.17, 15) is 0 Å². The van der Waals surface area contributed by atoms with Crippen molar-refractivity contribution in [3.63, 3.8) is 0 Å². The van der Waals surface area contributed by atoms with Crippen LogP contribution in [0.1, 0.15) is 5.89 Å². The van der Waals surface area contributed by atoms with E-state index in [1.807, 2.05) is 0 Å². The SMILES string of the molecule is OCCc1ncc(-c2ccc(O)cc2)o1. The van der Waals surface area contributed by atoms with Crippen molar-refractivity contribution in [3.8, 4) is 17.1 Å². The fourth-order valence-corrected chi connectivity index (χ4v) is 1.28. The molecule has 0 bridgehead atoms. The summed E-state index contributed by atoms with van der Waals surface area (Å²) in [6.07, 6.45) is 2.02. The van der Waals surface area contributed by atoms with E-state index in [0.717, 1.165) is 5.56 Å². The van der Waals surface area contributed by atoms with Crippen LogP contribution < -0.4 is 0 Å². The Bertz CT molecular complexity index is 433. The van der Waals surface area contributed by atoms with Crippen molar-refractivity contribution in [3.05, 3.63) is 36.4 Å². The van der Waals surface area contributed by atoms with Crippen LogP contribution in [0.2, 0.25) is 0 Å². The van der Waals surface area contributed by atoms with Crippen molar-refractivity contribution < 1.29 is 14.6 Å². The summed E-state index contributed by atoms with van der Waals surface area (Å²) in [5.74, 6) is 1.37. The van der Waals surface area contributed by atoms with Crippen molar-refractivity contribution in [2.24, 2.45) is 0 Å². The van der Waals surface area contributed by atoms with Crippen LogP contribution in [0.15, 0.2) is 34.9 Å². The summed E-state index contributed by atoms with van der Waals surface area (Å²) < 4.78 is 5.40. The van der Waals surface area contributed by atoms with Gasteiger partial charge >= 0.3 is 0 Å². The normalized spacial score (nSPS) is 10.5. The van der Waals surface area contributed by atoms with Gasteiger partial charge in [-0.05, 0) is 24.3 Å². The molecule has 0 atom stereocenters. The number of hydrogen-bond donors (Lipinski definition) is 2. The first-order chi connectivity index (χ1) is 7.29. The Morgan fingerprint density at radius 2 is 1.93 bits per heavy atom. The first-order valence-corrected chi connectivity index (χ1v) is 4.64. The molecule has 15 heavy (non-hydrogen) atoms. The Morgan fingerprint density at radius 3 is 2.60 bits per heavy atom. The standard InChI is InChI=1S/C11H11NO3/c13-6-5-11-12-7-10(15-11)8-1-3-9(14)4-2-8/h1-4,7,13-14H,5-6H2. The van der Waals surface area contributed by atoms with Gasteiger partial charge in [-0.1, -0.05) is 0 Å². The Morgan fingerprint density at radius 1 is 1.20 bits per heavy atom. The highest BCUT2D eigenvalue weighted by Gasteiger charge is 2.05. The topological polar surface area (TPSA) is 66.5 Å². The van der Waals surface area contributed by atoms with Crippen LogP contribution in [0.3, 0.4) is 0 Å². The molecular formula is C11H11NO3. The Kier molecular flexibility index (Phi) is 2.69. The third-order valence-corrected chi connectivity index (χ3v) is 2.03. The molecule has 0 aliphatic carbocycles. The molecule has 1 heterocycles. The van der Waals surface area contributed by atoms with Crippen LogP contribution in [0, 0.1) is 0 Å². The summed E-state index contributed by atoms with van der Waals surface area (Å²) in [6, 6.07) is 6.67. The number of phenols is 1. The average molecular weight is 205 g/mol. The lowest BCUT2D eigenvalue weighted by atomic mass is 10.2. The molecule has 0 unspecified atom stereocenters. The van der Waals surface area contributed by atoms with Crippen molar-refractivity contribution in [2.75, 3.05) is 6.61 Å².